The van der Waals surface area contributed by atoms with Gasteiger partial charge in [-0.2, -0.15) is 0 Å². The molecule has 0 saturated heterocycles. The Morgan fingerprint density at radius 2 is 1.00 bits per heavy atom. The number of hydrogen-bond donors (Lipinski definition) is 0. The van der Waals surface area contributed by atoms with Crippen molar-refractivity contribution in [1.29, 1.82) is 0 Å². The van der Waals surface area contributed by atoms with Gasteiger partial charge < -0.3 is 0 Å². The number of aromatic nitrogens is 2. The van der Waals surface area contributed by atoms with E-state index in [2.05, 4.69) is 157 Å². The monoisotopic (exact) mass is 498 g/mol. The lowest BCUT2D eigenvalue weighted by Gasteiger charge is -2.20. The molecule has 0 bridgehead atoms. The lowest BCUT2D eigenvalue weighted by molar-refractivity contribution is -0.688. The second kappa shape index (κ2) is 12.5. The fourth-order valence-corrected chi connectivity index (χ4v) is 5.29. The highest BCUT2D eigenvalue weighted by Crippen LogP contribution is 2.32. The Kier molecular flexibility index (Phi) is 8.40. The quantitative estimate of drug-likeness (QED) is 0.174. The zero-order valence-electron chi connectivity index (χ0n) is 22.6. The van der Waals surface area contributed by atoms with Crippen LogP contribution in [-0.2, 0) is 13.1 Å². The van der Waals surface area contributed by atoms with Gasteiger partial charge in [0.2, 0.25) is 0 Å². The molecule has 190 valence electrons. The molecule has 0 fully saturated rings. The summed E-state index contributed by atoms with van der Waals surface area (Å²) in [6, 6.07) is 39.6. The van der Waals surface area contributed by atoms with Crippen LogP contribution in [0.2, 0.25) is 0 Å². The van der Waals surface area contributed by atoms with Crippen LogP contribution in [0.15, 0.2) is 134 Å². The van der Waals surface area contributed by atoms with Gasteiger partial charge in [-0.3, -0.25) is 0 Å². The van der Waals surface area contributed by atoms with Gasteiger partial charge in [0.05, 0.1) is 0 Å². The first-order valence-corrected chi connectivity index (χ1v) is 13.8. The zero-order valence-corrected chi connectivity index (χ0v) is 22.6. The molecule has 2 nitrogen and oxygen atoms in total. The van der Waals surface area contributed by atoms with E-state index >= 15 is 0 Å². The van der Waals surface area contributed by atoms with Gasteiger partial charge in [-0.1, -0.05) is 98.8 Å². The molecule has 0 spiro atoms. The molecule has 0 aliphatic carbocycles. The highest BCUT2D eigenvalue weighted by atomic mass is 14.9. The lowest BCUT2D eigenvalue weighted by atomic mass is 9.84. The van der Waals surface area contributed by atoms with Crippen LogP contribution in [0.3, 0.4) is 0 Å². The molecule has 5 aromatic rings. The lowest BCUT2D eigenvalue weighted by Crippen LogP contribution is -2.33. The van der Waals surface area contributed by atoms with Crippen LogP contribution >= 0.6 is 0 Å². The summed E-state index contributed by atoms with van der Waals surface area (Å²) in [6.45, 7) is 6.43. The molecule has 0 amide bonds. The summed E-state index contributed by atoms with van der Waals surface area (Å²) in [5.74, 6) is 1.15. The molecule has 0 radical (unpaired) electrons. The Morgan fingerprint density at radius 1 is 0.526 bits per heavy atom. The van der Waals surface area contributed by atoms with Crippen LogP contribution < -0.4 is 9.13 Å². The van der Waals surface area contributed by atoms with E-state index < -0.39 is 0 Å². The SMILES string of the molecule is CCC(CC(C)c1ccc(C[n+]2ccc(-c3cc[n+](Cc4ccccc4)cc3)cc2)cc1)c1ccccc1. The van der Waals surface area contributed by atoms with E-state index in [0.29, 0.717) is 11.8 Å². The van der Waals surface area contributed by atoms with Crippen LogP contribution in [0.5, 0.6) is 0 Å². The van der Waals surface area contributed by atoms with Gasteiger partial charge in [0.25, 0.3) is 0 Å². The van der Waals surface area contributed by atoms with E-state index in [9.17, 15) is 0 Å². The van der Waals surface area contributed by atoms with E-state index in [1.165, 1.54) is 46.2 Å². The molecule has 5 rings (SSSR count). The first kappa shape index (κ1) is 25.6. The molecule has 2 unspecified atom stereocenters. The van der Waals surface area contributed by atoms with Crippen molar-refractivity contribution in [3.8, 4) is 11.1 Å². The fraction of sp³-hybridized carbons (Fsp3) is 0.222. The van der Waals surface area contributed by atoms with Crippen molar-refractivity contribution in [2.45, 2.75) is 51.6 Å². The third kappa shape index (κ3) is 6.63. The van der Waals surface area contributed by atoms with Crippen LogP contribution in [0.1, 0.15) is 60.8 Å². The maximum absolute atomic E-state index is 2.36. The van der Waals surface area contributed by atoms with Gasteiger partial charge >= 0.3 is 0 Å². The molecular weight excluding hydrogens is 460 g/mol. The topological polar surface area (TPSA) is 7.76 Å². The molecule has 3 aromatic carbocycles. The second-order valence-electron chi connectivity index (χ2n) is 10.4. The normalized spacial score (nSPS) is 12.7. The van der Waals surface area contributed by atoms with Crippen LogP contribution in [-0.4, -0.2) is 0 Å². The zero-order chi connectivity index (χ0) is 26.2. The van der Waals surface area contributed by atoms with Gasteiger partial charge in [0, 0.05) is 35.4 Å². The molecule has 0 aliphatic rings. The van der Waals surface area contributed by atoms with E-state index in [1.54, 1.807) is 0 Å². The van der Waals surface area contributed by atoms with E-state index in [0.717, 1.165) is 13.1 Å². The van der Waals surface area contributed by atoms with Crippen molar-refractivity contribution in [1.82, 2.24) is 0 Å². The number of pyridine rings is 2. The number of rotatable bonds is 10. The molecule has 0 saturated carbocycles. The smallest absolute Gasteiger partial charge is 0.173 e. The average Bonchev–Trinajstić information content (AvgIpc) is 2.98. The predicted octanol–water partition coefficient (Wildman–Crippen LogP) is 7.71. The van der Waals surface area contributed by atoms with Crippen molar-refractivity contribution in [3.63, 3.8) is 0 Å². The van der Waals surface area contributed by atoms with Crippen molar-refractivity contribution in [2.75, 3.05) is 0 Å². The standard InChI is InChI=1S/C36H38N2/c1-3-32(34-12-8-5-9-13-34)26-29(2)33-16-14-31(15-17-33)28-38-24-20-36(21-25-38)35-18-22-37(23-19-35)27-30-10-6-4-7-11-30/h4-25,29,32H,3,26-28H2,1-2H3/q+2. The van der Waals surface area contributed by atoms with Crippen molar-refractivity contribution >= 4 is 0 Å². The largest absolute Gasteiger partial charge is 0.201 e. The minimum atomic E-state index is 0.540. The highest BCUT2D eigenvalue weighted by Gasteiger charge is 2.15. The third-order valence-corrected chi connectivity index (χ3v) is 7.64. The van der Waals surface area contributed by atoms with Crippen LogP contribution in [0.25, 0.3) is 11.1 Å². The summed E-state index contributed by atoms with van der Waals surface area (Å²) >= 11 is 0. The Bertz CT molecular complexity index is 1390. The summed E-state index contributed by atoms with van der Waals surface area (Å²) in [6.07, 6.45) is 11.0. The summed E-state index contributed by atoms with van der Waals surface area (Å²) < 4.78 is 4.47. The van der Waals surface area contributed by atoms with Gasteiger partial charge in [-0.05, 0) is 46.9 Å². The first-order valence-electron chi connectivity index (χ1n) is 13.8. The molecule has 2 heterocycles. The van der Waals surface area contributed by atoms with E-state index in [-0.39, 0.29) is 0 Å². The molecule has 2 aromatic heterocycles. The molecular formula is C36H38N2+2. The molecule has 38 heavy (non-hydrogen) atoms. The van der Waals surface area contributed by atoms with Gasteiger partial charge in [-0.25, -0.2) is 9.13 Å². The number of hydrogen-bond acceptors (Lipinski definition) is 0. The third-order valence-electron chi connectivity index (χ3n) is 7.64. The summed E-state index contributed by atoms with van der Waals surface area (Å²) in [5.41, 5.74) is 8.00. The maximum Gasteiger partial charge on any atom is 0.173 e. The van der Waals surface area contributed by atoms with Crippen molar-refractivity contribution in [2.24, 2.45) is 0 Å². The minimum Gasteiger partial charge on any atom is -0.201 e. The molecule has 0 N–H and O–H groups in total. The minimum absolute atomic E-state index is 0.540. The van der Waals surface area contributed by atoms with Gasteiger partial charge in [-0.15, -0.1) is 0 Å². The average molecular weight is 499 g/mol. The second-order valence-corrected chi connectivity index (χ2v) is 10.4. The Morgan fingerprint density at radius 3 is 1.50 bits per heavy atom. The summed E-state index contributed by atoms with van der Waals surface area (Å²) in [4.78, 5) is 0. The van der Waals surface area contributed by atoms with Gasteiger partial charge in [0.15, 0.2) is 37.9 Å². The van der Waals surface area contributed by atoms with Crippen molar-refractivity contribution in [3.05, 3.63) is 156 Å². The Labute approximate surface area is 227 Å². The van der Waals surface area contributed by atoms with E-state index in [4.69, 9.17) is 0 Å². The molecule has 2 heteroatoms. The van der Waals surface area contributed by atoms with E-state index in [1.807, 2.05) is 0 Å². The van der Waals surface area contributed by atoms with Crippen LogP contribution in [0, 0.1) is 0 Å². The Balaban J connectivity index is 1.18. The highest BCUT2D eigenvalue weighted by molar-refractivity contribution is 5.61. The first-order chi connectivity index (χ1) is 18.7. The predicted molar refractivity (Wildman–Crippen MR) is 156 cm³/mol. The summed E-state index contributed by atoms with van der Waals surface area (Å²) in [5, 5.41) is 0. The molecule has 2 atom stereocenters. The van der Waals surface area contributed by atoms with Gasteiger partial charge in [0.1, 0.15) is 0 Å². The number of nitrogens with zero attached hydrogens (tertiary/aromatic N) is 2. The summed E-state index contributed by atoms with van der Waals surface area (Å²) in [7, 11) is 0. The van der Waals surface area contributed by atoms with Crippen LogP contribution in [0.4, 0.5) is 0 Å². The fourth-order valence-electron chi connectivity index (χ4n) is 5.29. The maximum atomic E-state index is 2.36. The Hall–Kier alpha value is -4.04. The van der Waals surface area contributed by atoms with Crippen molar-refractivity contribution < 1.29 is 9.13 Å². The number of benzene rings is 3. The molecule has 0 aliphatic heterocycles.